The maximum Gasteiger partial charge on any atom is 0.135 e. The highest BCUT2D eigenvalue weighted by molar-refractivity contribution is 5.41. The molecule has 1 aromatic heterocycles. The smallest absolute Gasteiger partial charge is 0.135 e. The summed E-state index contributed by atoms with van der Waals surface area (Å²) in [6.07, 6.45) is 9.61. The van der Waals surface area contributed by atoms with Crippen LogP contribution in [-0.2, 0) is 6.42 Å². The Hall–Kier alpha value is -1.90. The van der Waals surface area contributed by atoms with Gasteiger partial charge in [-0.3, -0.25) is 0 Å². The summed E-state index contributed by atoms with van der Waals surface area (Å²) in [5.41, 5.74) is 1.27. The summed E-state index contributed by atoms with van der Waals surface area (Å²) in [7, 11) is 0. The first-order valence-corrected chi connectivity index (χ1v) is 8.52. The second kappa shape index (κ2) is 6.07. The van der Waals surface area contributed by atoms with Crippen molar-refractivity contribution in [2.45, 2.75) is 44.6 Å². The quantitative estimate of drug-likeness (QED) is 0.861. The average molecular weight is 293 g/mol. The molecule has 0 amide bonds. The van der Waals surface area contributed by atoms with Crippen LogP contribution in [0, 0.1) is 5.92 Å². The van der Waals surface area contributed by atoms with Gasteiger partial charge in [0, 0.05) is 25.2 Å². The van der Waals surface area contributed by atoms with Crippen LogP contribution in [-0.4, -0.2) is 22.6 Å². The van der Waals surface area contributed by atoms with Crippen LogP contribution < -0.4 is 4.90 Å². The highest BCUT2D eigenvalue weighted by Gasteiger charge is 2.36. The van der Waals surface area contributed by atoms with Crippen molar-refractivity contribution in [1.82, 2.24) is 9.97 Å². The Bertz CT molecular complexity index is 626. The topological polar surface area (TPSA) is 29.0 Å². The third kappa shape index (κ3) is 2.72. The Morgan fingerprint density at radius 2 is 1.86 bits per heavy atom. The summed E-state index contributed by atoms with van der Waals surface area (Å²) in [5, 5.41) is 0. The zero-order valence-corrected chi connectivity index (χ0v) is 13.0. The highest BCUT2D eigenvalue weighted by atomic mass is 15.2. The Morgan fingerprint density at radius 1 is 1.00 bits per heavy atom. The first-order valence-electron chi connectivity index (χ1n) is 8.52. The lowest BCUT2D eigenvalue weighted by Gasteiger charge is -2.32. The fourth-order valence-electron chi connectivity index (χ4n) is 4.10. The second-order valence-electron chi connectivity index (χ2n) is 6.59. The van der Waals surface area contributed by atoms with Crippen molar-refractivity contribution < 1.29 is 0 Å². The first-order chi connectivity index (χ1) is 10.9. The normalized spacial score (nSPS) is 24.3. The fourth-order valence-corrected chi connectivity index (χ4v) is 4.10. The summed E-state index contributed by atoms with van der Waals surface area (Å²) in [5.74, 6) is 2.96. The summed E-state index contributed by atoms with van der Waals surface area (Å²) < 4.78 is 0. The maximum atomic E-state index is 4.86. The van der Waals surface area contributed by atoms with Crippen LogP contribution in [0.1, 0.15) is 43.5 Å². The molecule has 4 rings (SSSR count). The largest absolute Gasteiger partial charge is 0.353 e. The van der Waals surface area contributed by atoms with E-state index in [1.54, 1.807) is 0 Å². The standard InChI is InChI=1S/C19H23N3/c1-2-6-15(7-3-1)14-18-20-12-10-19(21-18)22-13-11-16-8-4-5-9-17(16)22/h1-3,6-7,10,12,16-17H,4-5,8-9,11,13-14H2. The van der Waals surface area contributed by atoms with Gasteiger partial charge in [0.25, 0.3) is 0 Å². The van der Waals surface area contributed by atoms with Crippen molar-refractivity contribution in [3.63, 3.8) is 0 Å². The van der Waals surface area contributed by atoms with Crippen LogP contribution in [0.15, 0.2) is 42.6 Å². The van der Waals surface area contributed by atoms with Crippen LogP contribution in [0.4, 0.5) is 5.82 Å². The number of hydrogen-bond acceptors (Lipinski definition) is 3. The molecule has 2 atom stereocenters. The highest BCUT2D eigenvalue weighted by Crippen LogP contribution is 2.38. The monoisotopic (exact) mass is 293 g/mol. The van der Waals surface area contributed by atoms with Gasteiger partial charge in [0.05, 0.1) is 0 Å². The number of nitrogens with zero attached hydrogens (tertiary/aromatic N) is 3. The summed E-state index contributed by atoms with van der Waals surface area (Å²) >= 11 is 0. The van der Waals surface area contributed by atoms with E-state index in [4.69, 9.17) is 4.98 Å². The van der Waals surface area contributed by atoms with Crippen molar-refractivity contribution in [2.75, 3.05) is 11.4 Å². The van der Waals surface area contributed by atoms with Gasteiger partial charge in [-0.2, -0.15) is 0 Å². The van der Waals surface area contributed by atoms with Gasteiger partial charge >= 0.3 is 0 Å². The molecule has 1 saturated heterocycles. The van der Waals surface area contributed by atoms with Crippen LogP contribution in [0.2, 0.25) is 0 Å². The van der Waals surface area contributed by atoms with Gasteiger partial charge in [-0.1, -0.05) is 43.2 Å². The van der Waals surface area contributed by atoms with E-state index in [0.717, 1.165) is 30.5 Å². The van der Waals surface area contributed by atoms with Gasteiger partial charge < -0.3 is 4.90 Å². The van der Waals surface area contributed by atoms with Crippen LogP contribution in [0.25, 0.3) is 0 Å². The molecule has 2 fully saturated rings. The van der Waals surface area contributed by atoms with E-state index in [-0.39, 0.29) is 0 Å². The summed E-state index contributed by atoms with van der Waals surface area (Å²) in [6, 6.07) is 13.3. The molecule has 2 heterocycles. The van der Waals surface area contributed by atoms with Gasteiger partial charge in [-0.05, 0) is 36.8 Å². The molecule has 1 aliphatic carbocycles. The lowest BCUT2D eigenvalue weighted by Crippen LogP contribution is -2.35. The summed E-state index contributed by atoms with van der Waals surface area (Å²) in [6.45, 7) is 1.16. The summed E-state index contributed by atoms with van der Waals surface area (Å²) in [4.78, 5) is 11.9. The van der Waals surface area contributed by atoms with E-state index in [2.05, 4.69) is 40.2 Å². The molecular weight excluding hydrogens is 270 g/mol. The molecule has 0 N–H and O–H groups in total. The molecule has 1 saturated carbocycles. The number of rotatable bonds is 3. The van der Waals surface area contributed by atoms with Crippen LogP contribution >= 0.6 is 0 Å². The Morgan fingerprint density at radius 3 is 2.77 bits per heavy atom. The van der Waals surface area contributed by atoms with Gasteiger partial charge in [0.2, 0.25) is 0 Å². The molecule has 0 spiro atoms. The molecular formula is C19H23N3. The van der Waals surface area contributed by atoms with Crippen molar-refractivity contribution >= 4 is 5.82 Å². The average Bonchev–Trinajstić information content (AvgIpc) is 3.00. The van der Waals surface area contributed by atoms with Gasteiger partial charge in [-0.15, -0.1) is 0 Å². The molecule has 0 bridgehead atoms. The van der Waals surface area contributed by atoms with Crippen molar-refractivity contribution in [1.29, 1.82) is 0 Å². The fraction of sp³-hybridized carbons (Fsp3) is 0.474. The van der Waals surface area contributed by atoms with Crippen LogP contribution in [0.5, 0.6) is 0 Å². The minimum absolute atomic E-state index is 0.716. The number of anilines is 1. The zero-order chi connectivity index (χ0) is 14.8. The van der Waals surface area contributed by atoms with E-state index >= 15 is 0 Å². The predicted molar refractivity (Wildman–Crippen MR) is 89.0 cm³/mol. The number of fused-ring (bicyclic) bond motifs is 1. The molecule has 3 nitrogen and oxygen atoms in total. The van der Waals surface area contributed by atoms with Crippen molar-refractivity contribution in [2.24, 2.45) is 5.92 Å². The molecule has 22 heavy (non-hydrogen) atoms. The van der Waals surface area contributed by atoms with E-state index < -0.39 is 0 Å². The molecule has 2 unspecified atom stereocenters. The van der Waals surface area contributed by atoms with Gasteiger partial charge in [0.1, 0.15) is 11.6 Å². The Kier molecular flexibility index (Phi) is 3.79. The van der Waals surface area contributed by atoms with Crippen molar-refractivity contribution in [3.8, 4) is 0 Å². The van der Waals surface area contributed by atoms with Gasteiger partial charge in [0.15, 0.2) is 0 Å². The van der Waals surface area contributed by atoms with Crippen LogP contribution in [0.3, 0.4) is 0 Å². The number of hydrogen-bond donors (Lipinski definition) is 0. The lowest BCUT2D eigenvalue weighted by molar-refractivity contribution is 0.341. The van der Waals surface area contributed by atoms with E-state index in [1.165, 1.54) is 37.7 Å². The minimum atomic E-state index is 0.716. The zero-order valence-electron chi connectivity index (χ0n) is 13.0. The van der Waals surface area contributed by atoms with Crippen molar-refractivity contribution in [3.05, 3.63) is 54.0 Å². The van der Waals surface area contributed by atoms with E-state index in [0.29, 0.717) is 6.04 Å². The SMILES string of the molecule is c1ccc(Cc2nccc(N3CCC4CCCCC43)n2)cc1. The van der Waals surface area contributed by atoms with E-state index in [9.17, 15) is 0 Å². The second-order valence-corrected chi connectivity index (χ2v) is 6.59. The maximum absolute atomic E-state index is 4.86. The molecule has 114 valence electrons. The number of aromatic nitrogens is 2. The Labute approximate surface area is 132 Å². The Balaban J connectivity index is 1.54. The predicted octanol–water partition coefficient (Wildman–Crippen LogP) is 3.84. The molecule has 3 heteroatoms. The molecule has 0 radical (unpaired) electrons. The molecule has 1 aliphatic heterocycles. The minimum Gasteiger partial charge on any atom is -0.353 e. The number of benzene rings is 1. The molecule has 1 aromatic carbocycles. The molecule has 2 aliphatic rings. The van der Waals surface area contributed by atoms with E-state index in [1.807, 2.05) is 12.3 Å². The third-order valence-corrected chi connectivity index (χ3v) is 5.20. The lowest BCUT2D eigenvalue weighted by atomic mass is 9.85. The first kappa shape index (κ1) is 13.7. The van der Waals surface area contributed by atoms with Gasteiger partial charge in [-0.25, -0.2) is 9.97 Å². The molecule has 2 aromatic rings. The third-order valence-electron chi connectivity index (χ3n) is 5.20.